The predicted octanol–water partition coefficient (Wildman–Crippen LogP) is 2.30. The van der Waals surface area contributed by atoms with E-state index in [9.17, 15) is 0 Å². The van der Waals surface area contributed by atoms with Gasteiger partial charge in [0.05, 0.1) is 0 Å². The zero-order valence-electron chi connectivity index (χ0n) is 12.7. The molecule has 1 aromatic heterocycles. The summed E-state index contributed by atoms with van der Waals surface area (Å²) in [7, 11) is 6.47. The molecule has 0 unspecified atom stereocenters. The molecule has 1 aromatic rings. The highest BCUT2D eigenvalue weighted by atomic mass is 32.1. The monoisotopic (exact) mass is 281 g/mol. The largest absolute Gasteiger partial charge is 0.309 e. The number of likely N-dealkylation sites (N-methyl/N-ethyl adjacent to an activating group) is 2. The van der Waals surface area contributed by atoms with Gasteiger partial charge in [0, 0.05) is 42.0 Å². The van der Waals surface area contributed by atoms with Gasteiger partial charge in [-0.2, -0.15) is 0 Å². The maximum absolute atomic E-state index is 3.60. The van der Waals surface area contributed by atoms with Crippen LogP contribution in [0.4, 0.5) is 0 Å². The first-order chi connectivity index (χ1) is 9.04. The summed E-state index contributed by atoms with van der Waals surface area (Å²) in [5, 5.41) is 3.60. The molecule has 2 rings (SSSR count). The molecule has 0 amide bonds. The minimum atomic E-state index is 0.800. The van der Waals surface area contributed by atoms with Gasteiger partial charge in [-0.25, -0.2) is 0 Å². The summed E-state index contributed by atoms with van der Waals surface area (Å²) in [4.78, 5) is 7.61. The molecule has 0 atom stereocenters. The van der Waals surface area contributed by atoms with Gasteiger partial charge in [0.25, 0.3) is 0 Å². The Kier molecular flexibility index (Phi) is 5.39. The van der Waals surface area contributed by atoms with E-state index in [2.05, 4.69) is 49.2 Å². The topological polar surface area (TPSA) is 18.5 Å². The molecule has 1 aliphatic carbocycles. The first-order valence-corrected chi connectivity index (χ1v) is 8.01. The van der Waals surface area contributed by atoms with E-state index >= 15 is 0 Å². The average molecular weight is 281 g/mol. The van der Waals surface area contributed by atoms with Crippen LogP contribution in [-0.2, 0) is 13.1 Å². The summed E-state index contributed by atoms with van der Waals surface area (Å²) in [6.45, 7) is 6.62. The summed E-state index contributed by atoms with van der Waals surface area (Å²) < 4.78 is 0. The zero-order chi connectivity index (χ0) is 13.8. The molecule has 0 aliphatic heterocycles. The lowest BCUT2D eigenvalue weighted by molar-refractivity contribution is 0.276. The minimum Gasteiger partial charge on any atom is -0.309 e. The van der Waals surface area contributed by atoms with Crippen molar-refractivity contribution in [3.05, 3.63) is 21.4 Å². The highest BCUT2D eigenvalue weighted by Gasteiger charge is 2.20. The van der Waals surface area contributed by atoms with Crippen molar-refractivity contribution in [1.29, 1.82) is 0 Å². The van der Waals surface area contributed by atoms with Crippen LogP contribution in [0.2, 0.25) is 0 Å². The van der Waals surface area contributed by atoms with E-state index in [1.165, 1.54) is 28.2 Å². The predicted molar refractivity (Wildman–Crippen MR) is 83.8 cm³/mol. The molecule has 3 nitrogen and oxygen atoms in total. The van der Waals surface area contributed by atoms with Crippen molar-refractivity contribution in [3.63, 3.8) is 0 Å². The molecule has 1 saturated carbocycles. The van der Waals surface area contributed by atoms with Crippen molar-refractivity contribution in [3.8, 4) is 0 Å². The molecular formula is C15H27N3S. The van der Waals surface area contributed by atoms with Gasteiger partial charge in [0.1, 0.15) is 0 Å². The van der Waals surface area contributed by atoms with E-state index in [1.807, 2.05) is 11.3 Å². The molecule has 1 N–H and O–H groups in total. The fourth-order valence-corrected chi connectivity index (χ4v) is 3.11. The summed E-state index contributed by atoms with van der Waals surface area (Å²) in [6, 6.07) is 3.19. The van der Waals surface area contributed by atoms with E-state index in [4.69, 9.17) is 0 Å². The number of hydrogen-bond acceptors (Lipinski definition) is 4. The third-order valence-electron chi connectivity index (χ3n) is 3.58. The van der Waals surface area contributed by atoms with Crippen LogP contribution in [0.15, 0.2) is 6.07 Å². The summed E-state index contributed by atoms with van der Waals surface area (Å²) in [6.07, 6.45) is 2.73. The normalized spacial score (nSPS) is 15.7. The quantitative estimate of drug-likeness (QED) is 0.789. The van der Waals surface area contributed by atoms with E-state index < -0.39 is 0 Å². The maximum Gasteiger partial charge on any atom is 0.0302 e. The van der Waals surface area contributed by atoms with Gasteiger partial charge in [0.15, 0.2) is 0 Å². The van der Waals surface area contributed by atoms with E-state index in [1.54, 1.807) is 0 Å². The van der Waals surface area contributed by atoms with Crippen molar-refractivity contribution in [2.45, 2.75) is 38.9 Å². The number of hydrogen-bond donors (Lipinski definition) is 1. The number of thiophene rings is 1. The molecule has 1 heterocycles. The molecule has 0 aromatic carbocycles. The lowest BCUT2D eigenvalue weighted by Gasteiger charge is -2.19. The van der Waals surface area contributed by atoms with Gasteiger partial charge in [-0.3, -0.25) is 0 Å². The van der Waals surface area contributed by atoms with Gasteiger partial charge in [-0.15, -0.1) is 11.3 Å². The number of nitrogens with zero attached hydrogens (tertiary/aromatic N) is 2. The van der Waals surface area contributed by atoms with Gasteiger partial charge in [0.2, 0.25) is 0 Å². The highest BCUT2D eigenvalue weighted by Crippen LogP contribution is 2.25. The van der Waals surface area contributed by atoms with Crippen LogP contribution < -0.4 is 5.32 Å². The maximum atomic E-state index is 3.60. The number of rotatable bonds is 8. The molecule has 4 heteroatoms. The fraction of sp³-hybridized carbons (Fsp3) is 0.733. The Morgan fingerprint density at radius 1 is 1.26 bits per heavy atom. The summed E-state index contributed by atoms with van der Waals surface area (Å²) >= 11 is 1.95. The molecular weight excluding hydrogens is 254 g/mol. The van der Waals surface area contributed by atoms with Crippen molar-refractivity contribution >= 4 is 11.3 Å². The SMILES string of the molecule is Cc1sc(CNC2CC2)cc1CN(C)CCN(C)C. The molecule has 0 spiro atoms. The lowest BCUT2D eigenvalue weighted by Crippen LogP contribution is -2.28. The van der Waals surface area contributed by atoms with Crippen molar-refractivity contribution in [1.82, 2.24) is 15.1 Å². The Hall–Kier alpha value is -0.420. The van der Waals surface area contributed by atoms with Gasteiger partial charge >= 0.3 is 0 Å². The minimum absolute atomic E-state index is 0.800. The van der Waals surface area contributed by atoms with Crippen LogP contribution in [0.25, 0.3) is 0 Å². The second kappa shape index (κ2) is 6.84. The van der Waals surface area contributed by atoms with Gasteiger partial charge in [-0.05, 0) is 52.5 Å². The number of aryl methyl sites for hydroxylation is 1. The fourth-order valence-electron chi connectivity index (χ4n) is 2.10. The summed E-state index contributed by atoms with van der Waals surface area (Å²) in [5.74, 6) is 0. The number of nitrogens with one attached hydrogen (secondary N) is 1. The molecule has 0 saturated heterocycles. The first-order valence-electron chi connectivity index (χ1n) is 7.19. The van der Waals surface area contributed by atoms with Gasteiger partial charge in [-0.1, -0.05) is 0 Å². The molecule has 0 bridgehead atoms. The molecule has 0 radical (unpaired) electrons. The van der Waals surface area contributed by atoms with Crippen LogP contribution >= 0.6 is 11.3 Å². The Labute approximate surface area is 121 Å². The first kappa shape index (κ1) is 15.0. The Morgan fingerprint density at radius 3 is 2.63 bits per heavy atom. The molecule has 108 valence electrons. The second-order valence-electron chi connectivity index (χ2n) is 5.99. The van der Waals surface area contributed by atoms with Crippen LogP contribution in [0.1, 0.15) is 28.2 Å². The summed E-state index contributed by atoms with van der Waals surface area (Å²) in [5.41, 5.74) is 1.50. The van der Waals surface area contributed by atoms with Crippen molar-refractivity contribution in [2.24, 2.45) is 0 Å². The molecule has 1 fully saturated rings. The van der Waals surface area contributed by atoms with Crippen molar-refractivity contribution < 1.29 is 0 Å². The zero-order valence-corrected chi connectivity index (χ0v) is 13.5. The molecule has 1 aliphatic rings. The van der Waals surface area contributed by atoms with Gasteiger partial charge < -0.3 is 15.1 Å². The smallest absolute Gasteiger partial charge is 0.0302 e. The van der Waals surface area contributed by atoms with E-state index in [0.717, 1.165) is 32.2 Å². The highest BCUT2D eigenvalue weighted by molar-refractivity contribution is 7.12. The Bertz CT molecular complexity index is 396. The van der Waals surface area contributed by atoms with Crippen LogP contribution in [0.3, 0.4) is 0 Å². The Balaban J connectivity index is 1.81. The second-order valence-corrected chi connectivity index (χ2v) is 7.33. The van der Waals surface area contributed by atoms with Crippen LogP contribution in [0.5, 0.6) is 0 Å². The standard InChI is InChI=1S/C15H27N3S/c1-12-13(11-18(4)8-7-17(2)3)9-15(19-12)10-16-14-5-6-14/h9,14,16H,5-8,10-11H2,1-4H3. The van der Waals surface area contributed by atoms with E-state index in [0.29, 0.717) is 0 Å². The average Bonchev–Trinajstić information content (AvgIpc) is 3.11. The van der Waals surface area contributed by atoms with Crippen LogP contribution in [-0.4, -0.2) is 50.1 Å². The third-order valence-corrected chi connectivity index (χ3v) is 4.68. The van der Waals surface area contributed by atoms with E-state index in [-0.39, 0.29) is 0 Å². The molecule has 19 heavy (non-hydrogen) atoms. The van der Waals surface area contributed by atoms with Crippen molar-refractivity contribution in [2.75, 3.05) is 34.2 Å². The van der Waals surface area contributed by atoms with Crippen LogP contribution in [0, 0.1) is 6.92 Å². The Morgan fingerprint density at radius 2 is 2.00 bits per heavy atom. The lowest BCUT2D eigenvalue weighted by atomic mass is 10.2. The third kappa shape index (κ3) is 5.22.